The molecule has 0 aliphatic heterocycles. The van der Waals surface area contributed by atoms with Gasteiger partial charge in [0.05, 0.1) is 10.7 Å². The van der Waals surface area contributed by atoms with Gasteiger partial charge >= 0.3 is 0 Å². The minimum atomic E-state index is 0.471. The van der Waals surface area contributed by atoms with Crippen molar-refractivity contribution < 1.29 is 9.53 Å². The summed E-state index contributed by atoms with van der Waals surface area (Å²) in [4.78, 5) is 15.3. The summed E-state index contributed by atoms with van der Waals surface area (Å²) in [6, 6.07) is 3.68. The Bertz CT molecular complexity index is 567. The van der Waals surface area contributed by atoms with Crippen LogP contribution in [0, 0.1) is 13.8 Å². The Kier molecular flexibility index (Phi) is 4.32. The molecular weight excluding hydrogens is 258 g/mol. The van der Waals surface area contributed by atoms with E-state index in [-0.39, 0.29) is 0 Å². The molecule has 0 aliphatic rings. The second-order valence-electron chi connectivity index (χ2n) is 4.48. The molecule has 0 amide bonds. The van der Waals surface area contributed by atoms with E-state index in [1.807, 2.05) is 31.4 Å². The molecule has 0 unspecified atom stereocenters. The second-order valence-corrected chi connectivity index (χ2v) is 5.42. The van der Waals surface area contributed by atoms with Crippen LogP contribution in [0.4, 0.5) is 0 Å². The predicted molar refractivity (Wildman–Crippen MR) is 77.1 cm³/mol. The minimum Gasteiger partial charge on any atom is -0.487 e. The second kappa shape index (κ2) is 5.97. The number of nitrogens with zero attached hydrogens (tertiary/aromatic N) is 1. The third-order valence-corrected chi connectivity index (χ3v) is 3.93. The van der Waals surface area contributed by atoms with Crippen LogP contribution in [0.3, 0.4) is 0 Å². The van der Waals surface area contributed by atoms with E-state index in [1.54, 1.807) is 11.3 Å². The van der Waals surface area contributed by atoms with Gasteiger partial charge in [-0.15, -0.1) is 11.3 Å². The Morgan fingerprint density at radius 1 is 1.32 bits per heavy atom. The molecule has 0 N–H and O–H groups in total. The van der Waals surface area contributed by atoms with Gasteiger partial charge in [-0.2, -0.15) is 0 Å². The first-order valence-electron chi connectivity index (χ1n) is 6.26. The smallest absolute Gasteiger partial charge is 0.150 e. The van der Waals surface area contributed by atoms with Gasteiger partial charge in [0.1, 0.15) is 18.6 Å². The average molecular weight is 275 g/mol. The molecule has 0 fully saturated rings. The summed E-state index contributed by atoms with van der Waals surface area (Å²) in [6.45, 7) is 6.47. The van der Waals surface area contributed by atoms with Crippen LogP contribution in [0.1, 0.15) is 39.1 Å². The standard InChI is InChI=1S/C15H17NO2S/c1-4-14-16-13(9-19-14)8-18-15-10(2)5-12(7-17)6-11(15)3/h5-7,9H,4,8H2,1-3H3. The van der Waals surface area contributed by atoms with Crippen molar-refractivity contribution in [2.45, 2.75) is 33.8 Å². The van der Waals surface area contributed by atoms with E-state index in [4.69, 9.17) is 4.74 Å². The minimum absolute atomic E-state index is 0.471. The molecule has 0 radical (unpaired) electrons. The Balaban J connectivity index is 2.13. The largest absolute Gasteiger partial charge is 0.487 e. The third kappa shape index (κ3) is 3.20. The molecule has 0 saturated heterocycles. The van der Waals surface area contributed by atoms with Crippen LogP contribution in [0.2, 0.25) is 0 Å². The van der Waals surface area contributed by atoms with Gasteiger partial charge in [-0.25, -0.2) is 4.98 Å². The summed E-state index contributed by atoms with van der Waals surface area (Å²) < 4.78 is 5.84. The van der Waals surface area contributed by atoms with Gasteiger partial charge in [-0.1, -0.05) is 6.92 Å². The van der Waals surface area contributed by atoms with Crippen LogP contribution >= 0.6 is 11.3 Å². The van der Waals surface area contributed by atoms with Gasteiger partial charge in [0, 0.05) is 10.9 Å². The first-order chi connectivity index (χ1) is 9.13. The Labute approximate surface area is 117 Å². The summed E-state index contributed by atoms with van der Waals surface area (Å²) in [5.74, 6) is 0.844. The molecule has 0 spiro atoms. The van der Waals surface area contributed by atoms with Gasteiger partial charge in [0.25, 0.3) is 0 Å². The van der Waals surface area contributed by atoms with E-state index in [1.165, 1.54) is 0 Å². The maximum Gasteiger partial charge on any atom is 0.150 e. The lowest BCUT2D eigenvalue weighted by atomic mass is 10.1. The normalized spacial score (nSPS) is 10.5. The fraction of sp³-hybridized carbons (Fsp3) is 0.333. The van der Waals surface area contributed by atoms with Gasteiger partial charge in [0.15, 0.2) is 0 Å². The molecule has 1 aromatic heterocycles. The number of hydrogen-bond donors (Lipinski definition) is 0. The van der Waals surface area contributed by atoms with Crippen LogP contribution in [0.25, 0.3) is 0 Å². The molecule has 0 atom stereocenters. The number of aldehydes is 1. The van der Waals surface area contributed by atoms with Crippen molar-refractivity contribution in [3.63, 3.8) is 0 Å². The number of ether oxygens (including phenoxy) is 1. The van der Waals surface area contributed by atoms with Crippen LogP contribution in [-0.2, 0) is 13.0 Å². The van der Waals surface area contributed by atoms with Crippen molar-refractivity contribution >= 4 is 17.6 Å². The summed E-state index contributed by atoms with van der Waals surface area (Å²) in [6.07, 6.45) is 1.81. The Morgan fingerprint density at radius 3 is 2.53 bits per heavy atom. The summed E-state index contributed by atoms with van der Waals surface area (Å²) in [5, 5.41) is 3.16. The highest BCUT2D eigenvalue weighted by Gasteiger charge is 2.08. The van der Waals surface area contributed by atoms with E-state index in [0.717, 1.165) is 40.3 Å². The van der Waals surface area contributed by atoms with Crippen LogP contribution in [-0.4, -0.2) is 11.3 Å². The summed E-state index contributed by atoms with van der Waals surface area (Å²) in [7, 11) is 0. The number of carbonyl (C=O) groups excluding carboxylic acids is 1. The molecule has 2 rings (SSSR count). The molecule has 100 valence electrons. The van der Waals surface area contributed by atoms with Crippen molar-refractivity contribution in [3.05, 3.63) is 44.9 Å². The molecular formula is C15H17NO2S. The lowest BCUT2D eigenvalue weighted by Gasteiger charge is -2.11. The maximum atomic E-state index is 10.8. The highest BCUT2D eigenvalue weighted by molar-refractivity contribution is 7.09. The maximum absolute atomic E-state index is 10.8. The monoisotopic (exact) mass is 275 g/mol. The number of carbonyl (C=O) groups is 1. The number of aryl methyl sites for hydroxylation is 3. The van der Waals surface area contributed by atoms with E-state index >= 15 is 0 Å². The van der Waals surface area contributed by atoms with Crippen LogP contribution < -0.4 is 4.74 Å². The molecule has 0 aliphatic carbocycles. The van der Waals surface area contributed by atoms with Gasteiger partial charge < -0.3 is 4.74 Å². The number of hydrogen-bond acceptors (Lipinski definition) is 4. The van der Waals surface area contributed by atoms with Crippen molar-refractivity contribution in [1.29, 1.82) is 0 Å². The van der Waals surface area contributed by atoms with E-state index in [2.05, 4.69) is 11.9 Å². The third-order valence-electron chi connectivity index (χ3n) is 2.88. The number of thiazole rings is 1. The molecule has 3 nitrogen and oxygen atoms in total. The zero-order valence-electron chi connectivity index (χ0n) is 11.4. The summed E-state index contributed by atoms with van der Waals surface area (Å²) in [5.41, 5.74) is 3.60. The van der Waals surface area contributed by atoms with Crippen molar-refractivity contribution in [2.75, 3.05) is 0 Å². The molecule has 4 heteroatoms. The predicted octanol–water partition coefficient (Wildman–Crippen LogP) is 3.71. The van der Waals surface area contributed by atoms with Gasteiger partial charge in [0.2, 0.25) is 0 Å². The van der Waals surface area contributed by atoms with Gasteiger partial charge in [-0.05, 0) is 43.5 Å². The molecule has 2 aromatic rings. The van der Waals surface area contributed by atoms with E-state index in [9.17, 15) is 4.79 Å². The molecule has 0 bridgehead atoms. The molecule has 1 heterocycles. The molecule has 19 heavy (non-hydrogen) atoms. The number of benzene rings is 1. The number of rotatable bonds is 5. The van der Waals surface area contributed by atoms with Crippen molar-refractivity contribution in [3.8, 4) is 5.75 Å². The van der Waals surface area contributed by atoms with Gasteiger partial charge in [-0.3, -0.25) is 4.79 Å². The lowest BCUT2D eigenvalue weighted by molar-refractivity contribution is 0.112. The molecule has 0 saturated carbocycles. The lowest BCUT2D eigenvalue weighted by Crippen LogP contribution is -2.00. The van der Waals surface area contributed by atoms with E-state index in [0.29, 0.717) is 12.2 Å². The highest BCUT2D eigenvalue weighted by atomic mass is 32.1. The van der Waals surface area contributed by atoms with E-state index < -0.39 is 0 Å². The van der Waals surface area contributed by atoms with Crippen molar-refractivity contribution in [2.24, 2.45) is 0 Å². The fourth-order valence-corrected chi connectivity index (χ4v) is 2.73. The Morgan fingerprint density at radius 2 is 2.00 bits per heavy atom. The summed E-state index contributed by atoms with van der Waals surface area (Å²) >= 11 is 1.66. The topological polar surface area (TPSA) is 39.2 Å². The first-order valence-corrected chi connectivity index (χ1v) is 7.14. The number of aromatic nitrogens is 1. The quantitative estimate of drug-likeness (QED) is 0.781. The van der Waals surface area contributed by atoms with Crippen LogP contribution in [0.5, 0.6) is 5.75 Å². The van der Waals surface area contributed by atoms with Crippen LogP contribution in [0.15, 0.2) is 17.5 Å². The molecule has 1 aromatic carbocycles. The Hall–Kier alpha value is -1.68. The first kappa shape index (κ1) is 13.7. The zero-order valence-corrected chi connectivity index (χ0v) is 12.2. The SMILES string of the molecule is CCc1nc(COc2c(C)cc(C=O)cc2C)cs1. The van der Waals surface area contributed by atoms with Crippen molar-refractivity contribution in [1.82, 2.24) is 4.98 Å². The average Bonchev–Trinajstić information content (AvgIpc) is 2.85. The zero-order chi connectivity index (χ0) is 13.8. The fourth-order valence-electron chi connectivity index (χ4n) is 2.00. The highest BCUT2D eigenvalue weighted by Crippen LogP contribution is 2.25.